The van der Waals surface area contributed by atoms with E-state index in [4.69, 9.17) is 0 Å². The van der Waals surface area contributed by atoms with Gasteiger partial charge in [0.15, 0.2) is 0 Å². The number of rotatable bonds is 5. The number of nitrogens with one attached hydrogen (secondary N) is 1. The molecule has 0 amide bonds. The third-order valence-electron chi connectivity index (χ3n) is 3.00. The Morgan fingerprint density at radius 2 is 2.37 bits per heavy atom. The van der Waals surface area contributed by atoms with Crippen molar-refractivity contribution in [1.29, 1.82) is 0 Å². The van der Waals surface area contributed by atoms with Gasteiger partial charge in [-0.1, -0.05) is 13.3 Å². The minimum Gasteiger partial charge on any atom is -0.480 e. The number of aliphatic carboxylic acids is 1. The van der Waals surface area contributed by atoms with Gasteiger partial charge in [-0.25, -0.2) is 8.42 Å². The standard InChI is InChI=1S/C11H16N2O4S2/c1-2-3-10-13(9(7-18-10)11(14)15)19(16,17)8-4-5-12-6-8/h4-6,9-10,12H,2-3,7H2,1H3,(H,14,15). The highest BCUT2D eigenvalue weighted by molar-refractivity contribution is 8.01. The molecule has 1 aliphatic rings. The third-order valence-corrected chi connectivity index (χ3v) is 6.41. The summed E-state index contributed by atoms with van der Waals surface area (Å²) in [4.78, 5) is 14.1. The van der Waals surface area contributed by atoms with Crippen molar-refractivity contribution in [3.8, 4) is 0 Å². The number of hydrogen-bond donors (Lipinski definition) is 2. The number of hydrogen-bond acceptors (Lipinski definition) is 4. The molecule has 19 heavy (non-hydrogen) atoms. The van der Waals surface area contributed by atoms with Crippen molar-refractivity contribution in [1.82, 2.24) is 9.29 Å². The maximum atomic E-state index is 12.5. The van der Waals surface area contributed by atoms with Gasteiger partial charge in [-0.05, 0) is 12.5 Å². The normalized spacial score (nSPS) is 24.7. The lowest BCUT2D eigenvalue weighted by Crippen LogP contribution is -2.45. The summed E-state index contributed by atoms with van der Waals surface area (Å²) in [6.07, 6.45) is 4.35. The van der Waals surface area contributed by atoms with Gasteiger partial charge >= 0.3 is 5.97 Å². The van der Waals surface area contributed by atoms with Gasteiger partial charge in [-0.3, -0.25) is 4.79 Å². The van der Waals surface area contributed by atoms with Crippen LogP contribution in [0.5, 0.6) is 0 Å². The highest BCUT2D eigenvalue weighted by Crippen LogP contribution is 2.36. The van der Waals surface area contributed by atoms with Crippen LogP contribution in [0.25, 0.3) is 0 Å². The zero-order valence-electron chi connectivity index (χ0n) is 10.4. The Hall–Kier alpha value is -0.990. The summed E-state index contributed by atoms with van der Waals surface area (Å²) in [5.74, 6) is -0.797. The second-order valence-corrected chi connectivity index (χ2v) is 7.37. The van der Waals surface area contributed by atoms with Gasteiger partial charge in [-0.15, -0.1) is 11.8 Å². The van der Waals surface area contributed by atoms with Crippen molar-refractivity contribution in [2.75, 3.05) is 5.75 Å². The third kappa shape index (κ3) is 2.65. The summed E-state index contributed by atoms with van der Waals surface area (Å²) in [7, 11) is -3.76. The van der Waals surface area contributed by atoms with E-state index in [1.54, 1.807) is 0 Å². The number of sulfonamides is 1. The summed E-state index contributed by atoms with van der Waals surface area (Å²) in [5, 5.41) is 8.90. The predicted molar refractivity (Wildman–Crippen MR) is 72.4 cm³/mol. The molecule has 0 aromatic carbocycles. The maximum Gasteiger partial charge on any atom is 0.322 e. The average Bonchev–Trinajstić information content (AvgIpc) is 2.98. The Morgan fingerprint density at radius 1 is 1.63 bits per heavy atom. The minimum absolute atomic E-state index is 0.113. The molecule has 1 aromatic rings. The van der Waals surface area contributed by atoms with Gasteiger partial charge in [-0.2, -0.15) is 4.31 Å². The van der Waals surface area contributed by atoms with Crippen molar-refractivity contribution in [3.05, 3.63) is 18.5 Å². The van der Waals surface area contributed by atoms with Crippen LogP contribution in [0.4, 0.5) is 0 Å². The lowest BCUT2D eigenvalue weighted by atomic mass is 10.3. The van der Waals surface area contributed by atoms with Crippen molar-refractivity contribution in [2.24, 2.45) is 0 Å². The van der Waals surface area contributed by atoms with Crippen LogP contribution < -0.4 is 0 Å². The molecule has 0 radical (unpaired) electrons. The summed E-state index contributed by atoms with van der Waals surface area (Å²) in [6.45, 7) is 1.95. The van der Waals surface area contributed by atoms with Crippen LogP contribution in [0, 0.1) is 0 Å². The number of H-pyrrole nitrogens is 1. The zero-order chi connectivity index (χ0) is 14.0. The first-order chi connectivity index (χ1) is 8.98. The second kappa shape index (κ2) is 5.56. The Labute approximate surface area is 116 Å². The SMILES string of the molecule is CCCC1SCC(C(=O)O)N1S(=O)(=O)c1cc[nH]c1. The molecule has 0 spiro atoms. The minimum atomic E-state index is -3.76. The van der Waals surface area contributed by atoms with Crippen molar-refractivity contribution >= 4 is 27.8 Å². The predicted octanol–water partition coefficient (Wildman–Crippen LogP) is 1.33. The molecule has 1 fully saturated rings. The Morgan fingerprint density at radius 3 is 2.89 bits per heavy atom. The van der Waals surface area contributed by atoms with E-state index in [-0.39, 0.29) is 10.3 Å². The van der Waals surface area contributed by atoms with Crippen molar-refractivity contribution in [2.45, 2.75) is 36.1 Å². The van der Waals surface area contributed by atoms with Gasteiger partial charge in [0.05, 0.1) is 10.3 Å². The molecule has 8 heteroatoms. The molecule has 2 atom stereocenters. The number of aromatic nitrogens is 1. The molecular formula is C11H16N2O4S2. The van der Waals surface area contributed by atoms with Crippen LogP contribution in [0.15, 0.2) is 23.4 Å². The average molecular weight is 304 g/mol. The van der Waals surface area contributed by atoms with E-state index in [9.17, 15) is 18.3 Å². The molecule has 6 nitrogen and oxygen atoms in total. The van der Waals surface area contributed by atoms with E-state index in [0.29, 0.717) is 12.2 Å². The molecule has 1 aliphatic heterocycles. The lowest BCUT2D eigenvalue weighted by molar-refractivity contribution is -0.140. The first kappa shape index (κ1) is 14.4. The van der Waals surface area contributed by atoms with Gasteiger partial charge in [0.25, 0.3) is 0 Å². The highest BCUT2D eigenvalue weighted by atomic mass is 32.2. The van der Waals surface area contributed by atoms with E-state index in [2.05, 4.69) is 4.98 Å². The number of aromatic amines is 1. The van der Waals surface area contributed by atoms with Gasteiger partial charge in [0.2, 0.25) is 10.0 Å². The molecular weight excluding hydrogens is 288 g/mol. The molecule has 1 aromatic heterocycles. The fourth-order valence-corrected chi connectivity index (χ4v) is 5.74. The van der Waals surface area contributed by atoms with E-state index in [1.165, 1.54) is 30.2 Å². The van der Waals surface area contributed by atoms with Crippen LogP contribution in [-0.4, -0.2) is 46.0 Å². The topological polar surface area (TPSA) is 90.5 Å². The van der Waals surface area contributed by atoms with Crippen LogP contribution in [0.1, 0.15) is 19.8 Å². The summed E-state index contributed by atoms with van der Waals surface area (Å²) >= 11 is 1.39. The monoisotopic (exact) mass is 304 g/mol. The smallest absolute Gasteiger partial charge is 0.322 e. The van der Waals surface area contributed by atoms with Crippen LogP contribution in [-0.2, 0) is 14.8 Å². The number of thioether (sulfide) groups is 1. The Bertz CT molecular complexity index is 541. The molecule has 0 saturated carbocycles. The van der Waals surface area contributed by atoms with Crippen LogP contribution in [0.2, 0.25) is 0 Å². The fraction of sp³-hybridized carbons (Fsp3) is 0.545. The molecule has 2 heterocycles. The van der Waals surface area contributed by atoms with Crippen LogP contribution in [0.3, 0.4) is 0 Å². The highest BCUT2D eigenvalue weighted by Gasteiger charge is 2.45. The van der Waals surface area contributed by atoms with E-state index < -0.39 is 22.0 Å². The molecule has 106 valence electrons. The molecule has 0 bridgehead atoms. The number of carboxylic acids is 1. The summed E-state index contributed by atoms with van der Waals surface area (Å²) < 4.78 is 26.2. The first-order valence-corrected chi connectivity index (χ1v) is 8.48. The molecule has 2 N–H and O–H groups in total. The summed E-state index contributed by atoms with van der Waals surface area (Å²) in [5.41, 5.74) is 0. The zero-order valence-corrected chi connectivity index (χ0v) is 12.1. The van der Waals surface area contributed by atoms with Crippen LogP contribution >= 0.6 is 11.8 Å². The Kier molecular flexibility index (Phi) is 4.22. The maximum absolute atomic E-state index is 12.5. The molecule has 2 unspecified atom stereocenters. The number of carbonyl (C=O) groups is 1. The van der Waals surface area contributed by atoms with Gasteiger partial charge < -0.3 is 10.1 Å². The van der Waals surface area contributed by atoms with E-state index in [0.717, 1.165) is 10.7 Å². The van der Waals surface area contributed by atoms with Crippen molar-refractivity contribution in [3.63, 3.8) is 0 Å². The largest absolute Gasteiger partial charge is 0.480 e. The first-order valence-electron chi connectivity index (χ1n) is 5.99. The van der Waals surface area contributed by atoms with Crippen molar-refractivity contribution < 1.29 is 18.3 Å². The van der Waals surface area contributed by atoms with E-state index in [1.807, 2.05) is 6.92 Å². The molecule has 2 rings (SSSR count). The fourth-order valence-electron chi connectivity index (χ4n) is 2.10. The quantitative estimate of drug-likeness (QED) is 0.856. The lowest BCUT2D eigenvalue weighted by Gasteiger charge is -2.25. The second-order valence-electron chi connectivity index (χ2n) is 4.31. The summed E-state index contributed by atoms with van der Waals surface area (Å²) in [6, 6.07) is 0.460. The van der Waals surface area contributed by atoms with Gasteiger partial charge in [0, 0.05) is 18.1 Å². The number of nitrogens with zero attached hydrogens (tertiary/aromatic N) is 1. The van der Waals surface area contributed by atoms with Gasteiger partial charge in [0.1, 0.15) is 6.04 Å². The Balaban J connectivity index is 2.39. The number of carboxylic acid groups (broad SMARTS) is 1. The molecule has 0 aliphatic carbocycles. The van der Waals surface area contributed by atoms with E-state index >= 15 is 0 Å². The molecule has 1 saturated heterocycles.